The summed E-state index contributed by atoms with van der Waals surface area (Å²) in [6.45, 7) is 10.1. The minimum atomic E-state index is -1.26. The standard InChI is InChI=1S/C19H33N5O.C4H4O4/c1-21-8-5-17(6-9-21)23-12-10-22(11-13-23)14-15-25-19-16-18-4-2-3-7-24(18)20-19;5-3(6)1-2-4(7)8/h16-17H,2-15H2,1H3;1-2H,(H,5,6)(H,7,8)/b;2-1-. The first kappa shape index (κ1) is 25.2. The summed E-state index contributed by atoms with van der Waals surface area (Å²) in [5.41, 5.74) is 1.34. The molecule has 1 aromatic rings. The van der Waals surface area contributed by atoms with Gasteiger partial charge in [0.25, 0.3) is 0 Å². The Labute approximate surface area is 195 Å². The number of likely N-dealkylation sites (tertiary alicyclic amines) is 1. The van der Waals surface area contributed by atoms with Gasteiger partial charge in [0, 0.05) is 69.2 Å². The molecule has 10 nitrogen and oxygen atoms in total. The van der Waals surface area contributed by atoms with Crippen LogP contribution in [0, 0.1) is 0 Å². The summed E-state index contributed by atoms with van der Waals surface area (Å²) in [7, 11) is 2.24. The molecule has 10 heteroatoms. The van der Waals surface area contributed by atoms with Gasteiger partial charge >= 0.3 is 11.9 Å². The van der Waals surface area contributed by atoms with E-state index in [0.717, 1.165) is 38.0 Å². The maximum atomic E-state index is 9.55. The van der Waals surface area contributed by atoms with Gasteiger partial charge in [0.1, 0.15) is 6.61 Å². The van der Waals surface area contributed by atoms with Gasteiger partial charge in [-0.2, -0.15) is 0 Å². The molecule has 2 saturated heterocycles. The normalized spacial score (nSPS) is 20.8. The zero-order valence-electron chi connectivity index (χ0n) is 19.6. The van der Waals surface area contributed by atoms with Crippen molar-refractivity contribution in [1.82, 2.24) is 24.5 Å². The molecular formula is C23H37N5O5. The van der Waals surface area contributed by atoms with E-state index in [4.69, 9.17) is 14.9 Å². The number of nitrogens with zero attached hydrogens (tertiary/aromatic N) is 5. The first-order valence-corrected chi connectivity index (χ1v) is 11.9. The maximum Gasteiger partial charge on any atom is 0.328 e. The number of aryl methyl sites for hydroxylation is 2. The van der Waals surface area contributed by atoms with Crippen LogP contribution < -0.4 is 4.74 Å². The number of carboxylic acids is 2. The first-order valence-electron chi connectivity index (χ1n) is 11.9. The molecule has 2 fully saturated rings. The number of ether oxygens (including phenoxy) is 1. The van der Waals surface area contributed by atoms with Crippen molar-refractivity contribution in [1.29, 1.82) is 0 Å². The molecule has 3 aliphatic rings. The Morgan fingerprint density at radius 2 is 1.70 bits per heavy atom. The van der Waals surface area contributed by atoms with Crippen molar-refractivity contribution in [3.05, 3.63) is 23.9 Å². The number of hydrogen-bond donors (Lipinski definition) is 2. The third kappa shape index (κ3) is 8.45. The molecule has 1 aromatic heterocycles. The van der Waals surface area contributed by atoms with Crippen molar-refractivity contribution in [2.75, 3.05) is 59.5 Å². The topological polar surface area (TPSA) is 111 Å². The number of fused-ring (bicyclic) bond motifs is 1. The molecule has 33 heavy (non-hydrogen) atoms. The van der Waals surface area contributed by atoms with Crippen molar-refractivity contribution >= 4 is 11.9 Å². The number of piperazine rings is 1. The smallest absolute Gasteiger partial charge is 0.328 e. The van der Waals surface area contributed by atoms with Crippen LogP contribution in [-0.4, -0.2) is 112 Å². The third-order valence-electron chi connectivity index (χ3n) is 6.53. The third-order valence-corrected chi connectivity index (χ3v) is 6.53. The summed E-state index contributed by atoms with van der Waals surface area (Å²) >= 11 is 0. The van der Waals surface area contributed by atoms with Crippen LogP contribution in [0.4, 0.5) is 0 Å². The predicted octanol–water partition coefficient (Wildman–Crippen LogP) is 1.02. The van der Waals surface area contributed by atoms with Gasteiger partial charge in [-0.15, -0.1) is 5.10 Å². The van der Waals surface area contributed by atoms with Gasteiger partial charge in [0.15, 0.2) is 0 Å². The lowest BCUT2D eigenvalue weighted by atomic mass is 10.0. The van der Waals surface area contributed by atoms with Crippen molar-refractivity contribution < 1.29 is 24.5 Å². The highest BCUT2D eigenvalue weighted by Gasteiger charge is 2.26. The zero-order chi connectivity index (χ0) is 23.6. The second-order valence-electron chi connectivity index (χ2n) is 8.92. The molecule has 0 amide bonds. The van der Waals surface area contributed by atoms with E-state index in [-0.39, 0.29) is 0 Å². The SMILES string of the molecule is CN1CCC(N2CCN(CCOc3cc4n(n3)CCCC4)CC2)CC1.O=C(O)/C=C\C(=O)O. The van der Waals surface area contributed by atoms with Gasteiger partial charge in [-0.3, -0.25) is 14.5 Å². The summed E-state index contributed by atoms with van der Waals surface area (Å²) in [6.07, 6.45) is 7.47. The van der Waals surface area contributed by atoms with Gasteiger partial charge in [0.05, 0.1) is 0 Å². The Morgan fingerprint density at radius 1 is 1.03 bits per heavy atom. The van der Waals surface area contributed by atoms with Crippen LogP contribution in [0.2, 0.25) is 0 Å². The van der Waals surface area contributed by atoms with E-state index in [1.165, 1.54) is 70.6 Å². The van der Waals surface area contributed by atoms with Gasteiger partial charge in [-0.1, -0.05) is 0 Å². The molecule has 4 heterocycles. The largest absolute Gasteiger partial charge is 0.478 e. The number of piperidine rings is 1. The number of carboxylic acid groups (broad SMARTS) is 2. The monoisotopic (exact) mass is 463 g/mol. The number of hydrogen-bond acceptors (Lipinski definition) is 7. The molecule has 0 aliphatic carbocycles. The number of carbonyl (C=O) groups is 2. The van der Waals surface area contributed by atoms with Crippen LogP contribution in [0.5, 0.6) is 5.88 Å². The molecule has 0 spiro atoms. The van der Waals surface area contributed by atoms with Crippen molar-refractivity contribution in [2.24, 2.45) is 0 Å². The number of aliphatic carboxylic acids is 2. The second-order valence-corrected chi connectivity index (χ2v) is 8.92. The molecule has 0 bridgehead atoms. The highest BCUT2D eigenvalue weighted by molar-refractivity contribution is 5.89. The lowest BCUT2D eigenvalue weighted by Crippen LogP contribution is -2.53. The minimum Gasteiger partial charge on any atom is -0.478 e. The van der Waals surface area contributed by atoms with E-state index in [9.17, 15) is 9.59 Å². The summed E-state index contributed by atoms with van der Waals surface area (Å²) in [5.74, 6) is -1.69. The molecule has 0 radical (unpaired) electrons. The Hall–Kier alpha value is -2.43. The fourth-order valence-corrected chi connectivity index (χ4v) is 4.60. The maximum absolute atomic E-state index is 9.55. The molecule has 0 aromatic carbocycles. The van der Waals surface area contributed by atoms with Gasteiger partial charge in [-0.25, -0.2) is 9.59 Å². The van der Waals surface area contributed by atoms with Crippen LogP contribution in [0.25, 0.3) is 0 Å². The van der Waals surface area contributed by atoms with E-state index in [1.54, 1.807) is 0 Å². The molecule has 4 rings (SSSR count). The molecular weight excluding hydrogens is 426 g/mol. The molecule has 0 saturated carbocycles. The van der Waals surface area contributed by atoms with Crippen molar-refractivity contribution in [3.8, 4) is 5.88 Å². The average Bonchev–Trinajstić information content (AvgIpc) is 3.22. The van der Waals surface area contributed by atoms with Crippen LogP contribution in [-0.2, 0) is 22.6 Å². The Balaban J connectivity index is 0.000000331. The van der Waals surface area contributed by atoms with Gasteiger partial charge in [0.2, 0.25) is 5.88 Å². The van der Waals surface area contributed by atoms with E-state index in [2.05, 4.69) is 37.6 Å². The van der Waals surface area contributed by atoms with Crippen molar-refractivity contribution in [3.63, 3.8) is 0 Å². The van der Waals surface area contributed by atoms with E-state index < -0.39 is 11.9 Å². The molecule has 3 aliphatic heterocycles. The molecule has 184 valence electrons. The number of rotatable bonds is 7. The first-order chi connectivity index (χ1) is 15.9. The quantitative estimate of drug-likeness (QED) is 0.573. The summed E-state index contributed by atoms with van der Waals surface area (Å²) in [6, 6.07) is 2.95. The summed E-state index contributed by atoms with van der Waals surface area (Å²) < 4.78 is 8.05. The van der Waals surface area contributed by atoms with Crippen LogP contribution in [0.3, 0.4) is 0 Å². The second kappa shape index (κ2) is 12.7. The van der Waals surface area contributed by atoms with Crippen LogP contribution in [0.1, 0.15) is 31.4 Å². The fraction of sp³-hybridized carbons (Fsp3) is 0.696. The fourth-order valence-electron chi connectivity index (χ4n) is 4.60. The average molecular weight is 464 g/mol. The molecule has 2 N–H and O–H groups in total. The van der Waals surface area contributed by atoms with Gasteiger partial charge in [-0.05, 0) is 52.2 Å². The van der Waals surface area contributed by atoms with E-state index in [1.807, 2.05) is 0 Å². The Kier molecular flexibility index (Phi) is 9.71. The Bertz CT molecular complexity index is 756. The van der Waals surface area contributed by atoms with Crippen LogP contribution >= 0.6 is 0 Å². The lowest BCUT2D eigenvalue weighted by molar-refractivity contribution is -0.134. The van der Waals surface area contributed by atoms with E-state index in [0.29, 0.717) is 12.2 Å². The molecule has 0 atom stereocenters. The van der Waals surface area contributed by atoms with Crippen LogP contribution in [0.15, 0.2) is 18.2 Å². The minimum absolute atomic E-state index is 0.558. The predicted molar refractivity (Wildman–Crippen MR) is 124 cm³/mol. The highest BCUT2D eigenvalue weighted by atomic mass is 16.5. The van der Waals surface area contributed by atoms with E-state index >= 15 is 0 Å². The Morgan fingerprint density at radius 3 is 2.30 bits per heavy atom. The zero-order valence-corrected chi connectivity index (χ0v) is 19.6. The lowest BCUT2D eigenvalue weighted by Gasteiger charge is -2.42. The number of aromatic nitrogens is 2. The van der Waals surface area contributed by atoms with Crippen molar-refractivity contribution in [2.45, 2.75) is 44.7 Å². The van der Waals surface area contributed by atoms with Gasteiger partial charge < -0.3 is 19.8 Å². The molecule has 0 unspecified atom stereocenters. The summed E-state index contributed by atoms with van der Waals surface area (Å²) in [5, 5.41) is 20.2. The highest BCUT2D eigenvalue weighted by Crippen LogP contribution is 2.20. The summed E-state index contributed by atoms with van der Waals surface area (Å²) in [4.78, 5) is 26.8.